The van der Waals surface area contributed by atoms with Crippen LogP contribution < -0.4 is 0 Å². The fraction of sp³-hybridized carbons (Fsp3) is 0.889. The Morgan fingerprint density at radius 2 is 2.27 bits per heavy atom. The zero-order valence-electron chi connectivity index (χ0n) is 7.63. The molecule has 1 aliphatic rings. The van der Waals surface area contributed by atoms with Crippen molar-refractivity contribution in [1.82, 2.24) is 4.90 Å². The Kier molecular flexibility index (Phi) is 2.33. The lowest BCUT2D eigenvalue weighted by molar-refractivity contribution is -0.109. The van der Waals surface area contributed by atoms with Crippen LogP contribution in [0.25, 0.3) is 0 Å². The van der Waals surface area contributed by atoms with E-state index in [2.05, 4.69) is 25.7 Å². The van der Waals surface area contributed by atoms with Gasteiger partial charge >= 0.3 is 0 Å². The molecule has 11 heavy (non-hydrogen) atoms. The molecule has 0 aliphatic carbocycles. The summed E-state index contributed by atoms with van der Waals surface area (Å²) in [5.41, 5.74) is 0.236. The van der Waals surface area contributed by atoms with Crippen molar-refractivity contribution in [2.75, 3.05) is 13.1 Å². The summed E-state index contributed by atoms with van der Waals surface area (Å²) in [5.74, 6) is 0.741. The third-order valence-electron chi connectivity index (χ3n) is 2.53. The summed E-state index contributed by atoms with van der Waals surface area (Å²) in [6.45, 7) is 8.33. The number of hydrogen-bond donors (Lipinski definition) is 0. The Morgan fingerprint density at radius 3 is 2.64 bits per heavy atom. The summed E-state index contributed by atoms with van der Waals surface area (Å²) in [4.78, 5) is 12.6. The summed E-state index contributed by atoms with van der Waals surface area (Å²) in [5, 5.41) is 0. The standard InChI is InChI=1S/C9H17NO/c1-8-6-9(2,3)10(7-8)4-5-11/h5,8H,4,6-7H2,1-3H3. The molecule has 2 nitrogen and oxygen atoms in total. The molecule has 1 atom stereocenters. The predicted octanol–water partition coefficient (Wildman–Crippen LogP) is 1.31. The zero-order valence-corrected chi connectivity index (χ0v) is 7.63. The van der Waals surface area contributed by atoms with Crippen molar-refractivity contribution in [3.8, 4) is 0 Å². The molecule has 0 radical (unpaired) electrons. The van der Waals surface area contributed by atoms with Crippen LogP contribution in [-0.2, 0) is 4.79 Å². The van der Waals surface area contributed by atoms with E-state index in [1.54, 1.807) is 0 Å². The molecule has 2 heteroatoms. The van der Waals surface area contributed by atoms with E-state index in [-0.39, 0.29) is 5.54 Å². The first-order valence-corrected chi connectivity index (χ1v) is 4.25. The molecule has 1 unspecified atom stereocenters. The molecule has 1 rings (SSSR count). The summed E-state index contributed by atoms with van der Waals surface area (Å²) >= 11 is 0. The van der Waals surface area contributed by atoms with Crippen molar-refractivity contribution in [3.05, 3.63) is 0 Å². The molecule has 0 bridgehead atoms. The molecule has 0 aromatic carbocycles. The van der Waals surface area contributed by atoms with Gasteiger partial charge in [0.05, 0.1) is 6.54 Å². The number of hydrogen-bond acceptors (Lipinski definition) is 2. The molecular weight excluding hydrogens is 138 g/mol. The van der Waals surface area contributed by atoms with Gasteiger partial charge in [0.1, 0.15) is 6.29 Å². The van der Waals surface area contributed by atoms with E-state index in [0.29, 0.717) is 6.54 Å². The minimum atomic E-state index is 0.236. The molecule has 64 valence electrons. The first-order chi connectivity index (χ1) is 5.06. The number of carbonyl (C=O) groups excluding carboxylic acids is 1. The van der Waals surface area contributed by atoms with Gasteiger partial charge in [-0.1, -0.05) is 6.92 Å². The maximum atomic E-state index is 10.3. The maximum Gasteiger partial charge on any atom is 0.133 e. The number of nitrogens with zero attached hydrogens (tertiary/aromatic N) is 1. The summed E-state index contributed by atoms with van der Waals surface area (Å²) in [6, 6.07) is 0. The Bertz CT molecular complexity index is 154. The van der Waals surface area contributed by atoms with E-state index in [1.807, 2.05) is 0 Å². The number of rotatable bonds is 2. The molecule has 0 aromatic heterocycles. The van der Waals surface area contributed by atoms with Crippen LogP contribution in [0.1, 0.15) is 27.2 Å². The maximum absolute atomic E-state index is 10.3. The minimum absolute atomic E-state index is 0.236. The van der Waals surface area contributed by atoms with Crippen LogP contribution in [0.15, 0.2) is 0 Å². The SMILES string of the molecule is CC1CN(CC=O)C(C)(C)C1. The van der Waals surface area contributed by atoms with Crippen molar-refractivity contribution in [3.63, 3.8) is 0 Å². The quantitative estimate of drug-likeness (QED) is 0.560. The van der Waals surface area contributed by atoms with Crippen LogP contribution in [0, 0.1) is 5.92 Å². The van der Waals surface area contributed by atoms with E-state index >= 15 is 0 Å². The second-order valence-corrected chi connectivity index (χ2v) is 4.19. The Balaban J connectivity index is 2.58. The topological polar surface area (TPSA) is 20.3 Å². The van der Waals surface area contributed by atoms with Crippen LogP contribution in [0.3, 0.4) is 0 Å². The second-order valence-electron chi connectivity index (χ2n) is 4.19. The number of aldehydes is 1. The van der Waals surface area contributed by atoms with Gasteiger partial charge in [0.15, 0.2) is 0 Å². The molecule has 0 N–H and O–H groups in total. The molecule has 1 fully saturated rings. The predicted molar refractivity (Wildman–Crippen MR) is 45.5 cm³/mol. The van der Waals surface area contributed by atoms with Crippen molar-refractivity contribution in [2.24, 2.45) is 5.92 Å². The van der Waals surface area contributed by atoms with E-state index in [9.17, 15) is 4.79 Å². The zero-order chi connectivity index (χ0) is 8.48. The lowest BCUT2D eigenvalue weighted by Crippen LogP contribution is -2.39. The van der Waals surface area contributed by atoms with E-state index < -0.39 is 0 Å². The van der Waals surface area contributed by atoms with E-state index in [1.165, 1.54) is 6.42 Å². The van der Waals surface area contributed by atoms with E-state index in [4.69, 9.17) is 0 Å². The molecule has 0 amide bonds. The van der Waals surface area contributed by atoms with Crippen LogP contribution in [-0.4, -0.2) is 29.8 Å². The van der Waals surface area contributed by atoms with Crippen LogP contribution in [0.5, 0.6) is 0 Å². The smallest absolute Gasteiger partial charge is 0.133 e. The Labute approximate surface area is 68.6 Å². The highest BCUT2D eigenvalue weighted by Crippen LogP contribution is 2.31. The Hall–Kier alpha value is -0.370. The van der Waals surface area contributed by atoms with Crippen LogP contribution >= 0.6 is 0 Å². The minimum Gasteiger partial charge on any atom is -0.302 e. The average Bonchev–Trinajstić information content (AvgIpc) is 2.07. The van der Waals surface area contributed by atoms with Gasteiger partial charge in [-0.15, -0.1) is 0 Å². The van der Waals surface area contributed by atoms with Gasteiger partial charge in [-0.2, -0.15) is 0 Å². The Morgan fingerprint density at radius 1 is 1.64 bits per heavy atom. The van der Waals surface area contributed by atoms with Crippen molar-refractivity contribution < 1.29 is 4.79 Å². The molecule has 0 saturated carbocycles. The van der Waals surface area contributed by atoms with Gasteiger partial charge < -0.3 is 4.79 Å². The van der Waals surface area contributed by atoms with Crippen LogP contribution in [0.2, 0.25) is 0 Å². The highest BCUT2D eigenvalue weighted by Gasteiger charge is 2.35. The molecule has 1 saturated heterocycles. The molecule has 0 aromatic rings. The molecule has 1 heterocycles. The molecule has 0 spiro atoms. The van der Waals surface area contributed by atoms with Gasteiger partial charge in [-0.3, -0.25) is 4.90 Å². The van der Waals surface area contributed by atoms with Gasteiger partial charge in [-0.25, -0.2) is 0 Å². The number of carbonyl (C=O) groups is 1. The lowest BCUT2D eigenvalue weighted by atomic mass is 9.98. The van der Waals surface area contributed by atoms with Crippen LogP contribution in [0.4, 0.5) is 0 Å². The van der Waals surface area contributed by atoms with Gasteiger partial charge in [0.2, 0.25) is 0 Å². The van der Waals surface area contributed by atoms with E-state index in [0.717, 1.165) is 18.7 Å². The third-order valence-corrected chi connectivity index (χ3v) is 2.53. The number of likely N-dealkylation sites (tertiary alicyclic amines) is 1. The van der Waals surface area contributed by atoms with Gasteiger partial charge in [0, 0.05) is 12.1 Å². The fourth-order valence-corrected chi connectivity index (χ4v) is 2.08. The average molecular weight is 155 g/mol. The normalized spacial score (nSPS) is 30.6. The van der Waals surface area contributed by atoms with Gasteiger partial charge in [-0.05, 0) is 26.2 Å². The van der Waals surface area contributed by atoms with Crippen molar-refractivity contribution >= 4 is 6.29 Å². The monoisotopic (exact) mass is 155 g/mol. The first-order valence-electron chi connectivity index (χ1n) is 4.25. The first kappa shape index (κ1) is 8.72. The van der Waals surface area contributed by atoms with Crippen molar-refractivity contribution in [2.45, 2.75) is 32.7 Å². The fourth-order valence-electron chi connectivity index (χ4n) is 2.08. The summed E-state index contributed by atoms with van der Waals surface area (Å²) in [6.07, 6.45) is 2.21. The highest BCUT2D eigenvalue weighted by molar-refractivity contribution is 5.52. The van der Waals surface area contributed by atoms with Gasteiger partial charge in [0.25, 0.3) is 0 Å². The van der Waals surface area contributed by atoms with Crippen molar-refractivity contribution in [1.29, 1.82) is 0 Å². The summed E-state index contributed by atoms with van der Waals surface area (Å²) in [7, 11) is 0. The molecule has 1 aliphatic heterocycles. The highest BCUT2D eigenvalue weighted by atomic mass is 16.1. The second kappa shape index (κ2) is 2.94. The summed E-state index contributed by atoms with van der Waals surface area (Å²) < 4.78 is 0. The molecular formula is C9H17NO. The third kappa shape index (κ3) is 1.80. The largest absolute Gasteiger partial charge is 0.302 e. The lowest BCUT2D eigenvalue weighted by Gasteiger charge is -2.29.